The molecule has 1 aliphatic heterocycles. The molecule has 100 valence electrons. The van der Waals surface area contributed by atoms with Gasteiger partial charge in [0.05, 0.1) is 18.1 Å². The fourth-order valence-corrected chi connectivity index (χ4v) is 3.62. The molecule has 3 rings (SSSR count). The van der Waals surface area contributed by atoms with Gasteiger partial charge in [-0.1, -0.05) is 35.0 Å². The van der Waals surface area contributed by atoms with E-state index in [0.29, 0.717) is 19.1 Å². The molecule has 0 saturated carbocycles. The Hall–Kier alpha value is -0.680. The lowest BCUT2D eigenvalue weighted by atomic mass is 9.95. The molecule has 0 radical (unpaired) electrons. The monoisotopic (exact) mass is 338 g/mol. The number of benzene rings is 1. The molecule has 4 heteroatoms. The van der Waals surface area contributed by atoms with Gasteiger partial charge in [-0.25, -0.2) is 0 Å². The lowest BCUT2D eigenvalue weighted by molar-refractivity contribution is -0.0413. The molecule has 2 nitrogen and oxygen atoms in total. The van der Waals surface area contributed by atoms with Crippen molar-refractivity contribution in [1.82, 2.24) is 0 Å². The van der Waals surface area contributed by atoms with E-state index in [9.17, 15) is 0 Å². The molecule has 0 amide bonds. The third-order valence-corrected chi connectivity index (χ3v) is 4.81. The van der Waals surface area contributed by atoms with Crippen molar-refractivity contribution in [1.29, 1.82) is 0 Å². The molecule has 1 aromatic carbocycles. The van der Waals surface area contributed by atoms with E-state index in [1.54, 1.807) is 11.3 Å². The number of ether oxygens (including phenoxy) is 2. The molecule has 0 unspecified atom stereocenters. The third kappa shape index (κ3) is 2.92. The van der Waals surface area contributed by atoms with E-state index in [4.69, 9.17) is 9.47 Å². The summed E-state index contributed by atoms with van der Waals surface area (Å²) < 4.78 is 12.2. The molecule has 0 N–H and O–H groups in total. The summed E-state index contributed by atoms with van der Waals surface area (Å²) in [6, 6.07) is 10.7. The number of hydrogen-bond donors (Lipinski definition) is 0. The van der Waals surface area contributed by atoms with Crippen LogP contribution in [0.2, 0.25) is 0 Å². The summed E-state index contributed by atoms with van der Waals surface area (Å²) in [7, 11) is 0. The Morgan fingerprint density at radius 3 is 2.74 bits per heavy atom. The first-order valence-electron chi connectivity index (χ1n) is 6.31. The third-order valence-electron chi connectivity index (χ3n) is 3.34. The Balaban J connectivity index is 1.82. The van der Waals surface area contributed by atoms with Gasteiger partial charge in [0.15, 0.2) is 6.29 Å². The molecular formula is C15H15BrO2S. The number of hydrogen-bond acceptors (Lipinski definition) is 3. The summed E-state index contributed by atoms with van der Waals surface area (Å²) in [5.41, 5.74) is 2.63. The van der Waals surface area contributed by atoms with Gasteiger partial charge in [-0.2, -0.15) is 0 Å². The van der Waals surface area contributed by atoms with Crippen molar-refractivity contribution in [2.75, 3.05) is 13.2 Å². The van der Waals surface area contributed by atoms with E-state index in [0.717, 1.165) is 9.35 Å². The second-order valence-corrected chi connectivity index (χ2v) is 6.49. The Kier molecular flexibility index (Phi) is 4.03. The Bertz CT molecular complexity index is 561. The summed E-state index contributed by atoms with van der Waals surface area (Å²) in [5, 5.41) is 2.20. The van der Waals surface area contributed by atoms with Crippen molar-refractivity contribution in [2.24, 2.45) is 0 Å². The smallest absolute Gasteiger partial charge is 0.193 e. The highest BCUT2D eigenvalue weighted by Gasteiger charge is 2.21. The van der Waals surface area contributed by atoms with E-state index >= 15 is 0 Å². The zero-order chi connectivity index (χ0) is 13.2. The first-order chi connectivity index (χ1) is 9.24. The van der Waals surface area contributed by atoms with Crippen LogP contribution in [0.3, 0.4) is 0 Å². The molecule has 0 spiro atoms. The van der Waals surface area contributed by atoms with Gasteiger partial charge < -0.3 is 9.47 Å². The second kappa shape index (κ2) is 5.75. The minimum absolute atomic E-state index is 0.159. The van der Waals surface area contributed by atoms with Crippen molar-refractivity contribution >= 4 is 27.3 Å². The van der Waals surface area contributed by atoms with Crippen LogP contribution in [-0.2, 0) is 9.47 Å². The topological polar surface area (TPSA) is 18.5 Å². The van der Waals surface area contributed by atoms with E-state index in [2.05, 4.69) is 58.6 Å². The lowest BCUT2D eigenvalue weighted by Crippen LogP contribution is -1.96. The molecule has 1 saturated heterocycles. The van der Waals surface area contributed by atoms with Crippen LogP contribution in [0.1, 0.15) is 35.1 Å². The molecule has 19 heavy (non-hydrogen) atoms. The highest BCUT2D eigenvalue weighted by Crippen LogP contribution is 2.34. The van der Waals surface area contributed by atoms with Gasteiger partial charge in [-0.15, -0.1) is 11.3 Å². The maximum absolute atomic E-state index is 5.54. The van der Waals surface area contributed by atoms with Crippen LogP contribution in [0.5, 0.6) is 0 Å². The van der Waals surface area contributed by atoms with Crippen LogP contribution < -0.4 is 0 Å². The van der Waals surface area contributed by atoms with Crippen LogP contribution in [0.25, 0.3) is 0 Å². The molecule has 1 fully saturated rings. The fourth-order valence-electron chi connectivity index (χ4n) is 2.21. The van der Waals surface area contributed by atoms with E-state index < -0.39 is 0 Å². The number of rotatable bonds is 3. The van der Waals surface area contributed by atoms with Gasteiger partial charge in [0.2, 0.25) is 0 Å². The molecule has 1 aromatic heterocycles. The van der Waals surface area contributed by atoms with Crippen molar-refractivity contribution in [3.63, 3.8) is 0 Å². The molecule has 0 aliphatic carbocycles. The average molecular weight is 339 g/mol. The highest BCUT2D eigenvalue weighted by molar-refractivity contribution is 9.10. The normalized spacial score (nSPS) is 17.8. The summed E-state index contributed by atoms with van der Waals surface area (Å²) >= 11 is 5.24. The molecule has 1 atom stereocenters. The highest BCUT2D eigenvalue weighted by atomic mass is 79.9. The van der Waals surface area contributed by atoms with Gasteiger partial charge in [0.1, 0.15) is 0 Å². The minimum Gasteiger partial charge on any atom is -0.345 e. The van der Waals surface area contributed by atoms with Gasteiger partial charge in [-0.05, 0) is 34.7 Å². The Morgan fingerprint density at radius 1 is 1.21 bits per heavy atom. The Labute approximate surface area is 125 Å². The summed E-state index contributed by atoms with van der Waals surface area (Å²) in [4.78, 5) is 1.16. The van der Waals surface area contributed by atoms with Crippen molar-refractivity contribution in [3.8, 4) is 0 Å². The van der Waals surface area contributed by atoms with Gasteiger partial charge >= 0.3 is 0 Å². The molecule has 1 aliphatic rings. The molecule has 2 aromatic rings. The van der Waals surface area contributed by atoms with Gasteiger partial charge in [0, 0.05) is 10.4 Å². The predicted octanol–water partition coefficient (Wildman–Crippen LogP) is 4.71. The zero-order valence-corrected chi connectivity index (χ0v) is 13.0. The van der Waals surface area contributed by atoms with Crippen molar-refractivity contribution in [2.45, 2.75) is 19.1 Å². The standard InChI is InChI=1S/C15H15BrO2S/c1-10(11-3-2-4-13(16)7-11)12-8-14(19-9-12)15-17-5-6-18-15/h2-4,7-10,15H,5-6H2,1H3/t10-/m0/s1. The SMILES string of the molecule is C[C@@H](c1cccc(Br)c1)c1csc(C2OCCO2)c1. The van der Waals surface area contributed by atoms with Crippen LogP contribution in [0.15, 0.2) is 40.2 Å². The maximum Gasteiger partial charge on any atom is 0.193 e. The summed E-state index contributed by atoms with van der Waals surface area (Å²) in [6.07, 6.45) is -0.159. The Morgan fingerprint density at radius 2 is 2.00 bits per heavy atom. The predicted molar refractivity (Wildman–Crippen MR) is 80.6 cm³/mol. The summed E-state index contributed by atoms with van der Waals surface area (Å²) in [5.74, 6) is 0.379. The quantitative estimate of drug-likeness (QED) is 0.806. The summed E-state index contributed by atoms with van der Waals surface area (Å²) in [6.45, 7) is 3.61. The van der Waals surface area contributed by atoms with Crippen LogP contribution >= 0.6 is 27.3 Å². The van der Waals surface area contributed by atoms with Gasteiger partial charge in [0.25, 0.3) is 0 Å². The van der Waals surface area contributed by atoms with Crippen LogP contribution in [0.4, 0.5) is 0 Å². The molecular weight excluding hydrogens is 324 g/mol. The minimum atomic E-state index is -0.159. The first kappa shape index (κ1) is 13.3. The van der Waals surface area contributed by atoms with E-state index in [1.807, 2.05) is 0 Å². The van der Waals surface area contributed by atoms with E-state index in [1.165, 1.54) is 11.1 Å². The van der Waals surface area contributed by atoms with E-state index in [-0.39, 0.29) is 6.29 Å². The van der Waals surface area contributed by atoms with Crippen LogP contribution in [-0.4, -0.2) is 13.2 Å². The van der Waals surface area contributed by atoms with Crippen molar-refractivity contribution < 1.29 is 9.47 Å². The molecule has 0 bridgehead atoms. The number of thiophene rings is 1. The second-order valence-electron chi connectivity index (χ2n) is 4.63. The van der Waals surface area contributed by atoms with Crippen LogP contribution in [0, 0.1) is 0 Å². The zero-order valence-electron chi connectivity index (χ0n) is 10.6. The number of halogens is 1. The van der Waals surface area contributed by atoms with Gasteiger partial charge in [-0.3, -0.25) is 0 Å². The largest absolute Gasteiger partial charge is 0.345 e. The molecule has 2 heterocycles. The first-order valence-corrected chi connectivity index (χ1v) is 7.98. The average Bonchev–Trinajstić information content (AvgIpc) is 3.08. The van der Waals surface area contributed by atoms with Crippen molar-refractivity contribution in [3.05, 3.63) is 56.2 Å². The lowest BCUT2D eigenvalue weighted by Gasteiger charge is -2.11. The maximum atomic E-state index is 5.54. The fraction of sp³-hybridized carbons (Fsp3) is 0.333.